The van der Waals surface area contributed by atoms with E-state index in [1.807, 2.05) is 0 Å². The number of sulfonamides is 1. The summed E-state index contributed by atoms with van der Waals surface area (Å²) < 4.78 is 26.1. The number of rotatable bonds is 8. The van der Waals surface area contributed by atoms with E-state index in [-0.39, 0.29) is 22.9 Å². The number of aryl methyl sites for hydroxylation is 1. The van der Waals surface area contributed by atoms with Gasteiger partial charge < -0.3 is 5.32 Å². The first kappa shape index (κ1) is 19.5. The van der Waals surface area contributed by atoms with Gasteiger partial charge in [0.15, 0.2) is 0 Å². The molecule has 0 bridgehead atoms. The largest absolute Gasteiger partial charge is 0.326 e. The third-order valence-corrected chi connectivity index (χ3v) is 5.11. The van der Waals surface area contributed by atoms with E-state index >= 15 is 0 Å². The minimum absolute atomic E-state index is 0.0970. The van der Waals surface area contributed by atoms with Crippen LogP contribution in [0.3, 0.4) is 0 Å². The fourth-order valence-electron chi connectivity index (χ4n) is 2.29. The van der Waals surface area contributed by atoms with Crippen molar-refractivity contribution >= 4 is 27.3 Å². The van der Waals surface area contributed by atoms with Crippen molar-refractivity contribution in [1.82, 2.24) is 4.72 Å². The standard InChI is InChI=1S/C17H19N3O5S/c1-2-18-26(24,25)16-9-6-13(7-10-16)8-11-17(21)19-14-4-3-5-15(12-14)20(22)23/h3-7,9-10,12,18H,2,8,11H2,1H3,(H,19,21). The maximum atomic E-state index is 12.0. The number of nitro groups is 1. The Morgan fingerprint density at radius 3 is 2.46 bits per heavy atom. The van der Waals surface area contributed by atoms with Crippen molar-refractivity contribution in [3.8, 4) is 0 Å². The second-order valence-electron chi connectivity index (χ2n) is 5.50. The van der Waals surface area contributed by atoms with Gasteiger partial charge in [-0.2, -0.15) is 0 Å². The Balaban J connectivity index is 1.93. The maximum Gasteiger partial charge on any atom is 0.271 e. The summed E-state index contributed by atoms with van der Waals surface area (Å²) in [7, 11) is -3.49. The van der Waals surface area contributed by atoms with Crippen LogP contribution in [0, 0.1) is 10.1 Å². The van der Waals surface area contributed by atoms with Gasteiger partial charge >= 0.3 is 0 Å². The number of benzene rings is 2. The molecule has 0 heterocycles. The van der Waals surface area contributed by atoms with Gasteiger partial charge in [0.05, 0.1) is 9.82 Å². The predicted molar refractivity (Wildman–Crippen MR) is 97.4 cm³/mol. The molecule has 0 fully saturated rings. The van der Waals surface area contributed by atoms with Crippen molar-refractivity contribution < 1.29 is 18.1 Å². The summed E-state index contributed by atoms with van der Waals surface area (Å²) in [6, 6.07) is 12.0. The zero-order valence-electron chi connectivity index (χ0n) is 14.1. The number of carbonyl (C=O) groups is 1. The normalized spacial score (nSPS) is 11.1. The lowest BCUT2D eigenvalue weighted by Gasteiger charge is -2.07. The van der Waals surface area contributed by atoms with Crippen LogP contribution in [0.15, 0.2) is 53.4 Å². The fraction of sp³-hybridized carbons (Fsp3) is 0.235. The number of hydrogen-bond donors (Lipinski definition) is 2. The first-order chi connectivity index (χ1) is 12.3. The first-order valence-electron chi connectivity index (χ1n) is 7.94. The van der Waals surface area contributed by atoms with Crippen LogP contribution in [0.5, 0.6) is 0 Å². The number of anilines is 1. The second-order valence-corrected chi connectivity index (χ2v) is 7.27. The second kappa shape index (κ2) is 8.54. The number of non-ortho nitro benzene ring substituents is 1. The van der Waals surface area contributed by atoms with Crippen LogP contribution in [-0.2, 0) is 21.2 Å². The Kier molecular flexibility index (Phi) is 6.42. The molecule has 8 nitrogen and oxygen atoms in total. The van der Waals surface area contributed by atoms with E-state index in [4.69, 9.17) is 0 Å². The molecule has 0 saturated carbocycles. The van der Waals surface area contributed by atoms with Gasteiger partial charge in [0.1, 0.15) is 0 Å². The SMILES string of the molecule is CCNS(=O)(=O)c1ccc(CCC(=O)Nc2cccc([N+](=O)[O-])c2)cc1. The molecule has 0 aliphatic heterocycles. The van der Waals surface area contributed by atoms with E-state index in [1.54, 1.807) is 25.1 Å². The highest BCUT2D eigenvalue weighted by atomic mass is 32.2. The highest BCUT2D eigenvalue weighted by Gasteiger charge is 2.12. The Hall–Kier alpha value is -2.78. The molecule has 0 aromatic heterocycles. The van der Waals surface area contributed by atoms with Crippen LogP contribution in [0.4, 0.5) is 11.4 Å². The molecule has 0 radical (unpaired) electrons. The Labute approximate surface area is 151 Å². The maximum absolute atomic E-state index is 12.0. The van der Waals surface area contributed by atoms with Crippen LogP contribution in [0.25, 0.3) is 0 Å². The molecule has 0 saturated heterocycles. The number of nitrogens with zero attached hydrogens (tertiary/aromatic N) is 1. The number of nitro benzene ring substituents is 1. The highest BCUT2D eigenvalue weighted by molar-refractivity contribution is 7.89. The number of nitrogens with one attached hydrogen (secondary N) is 2. The molecule has 2 N–H and O–H groups in total. The van der Waals surface area contributed by atoms with Crippen molar-refractivity contribution in [2.75, 3.05) is 11.9 Å². The van der Waals surface area contributed by atoms with E-state index in [2.05, 4.69) is 10.0 Å². The zero-order chi connectivity index (χ0) is 19.2. The van der Waals surface area contributed by atoms with Gasteiger partial charge in [-0.15, -0.1) is 0 Å². The van der Waals surface area contributed by atoms with Gasteiger partial charge in [-0.25, -0.2) is 13.1 Å². The van der Waals surface area contributed by atoms with Gasteiger partial charge in [0, 0.05) is 30.8 Å². The summed E-state index contributed by atoms with van der Waals surface area (Å²) in [6.07, 6.45) is 0.588. The lowest BCUT2D eigenvalue weighted by molar-refractivity contribution is -0.384. The van der Waals surface area contributed by atoms with Crippen LogP contribution in [-0.4, -0.2) is 25.8 Å². The van der Waals surface area contributed by atoms with Gasteiger partial charge in [0.25, 0.3) is 5.69 Å². The van der Waals surface area contributed by atoms with Gasteiger partial charge in [-0.05, 0) is 30.2 Å². The average molecular weight is 377 g/mol. The summed E-state index contributed by atoms with van der Waals surface area (Å²) in [5.74, 6) is -0.283. The van der Waals surface area contributed by atoms with E-state index in [0.29, 0.717) is 18.7 Å². The molecule has 0 spiro atoms. The van der Waals surface area contributed by atoms with Crippen molar-refractivity contribution in [2.24, 2.45) is 0 Å². The van der Waals surface area contributed by atoms with Crippen LogP contribution in [0.2, 0.25) is 0 Å². The molecule has 138 valence electrons. The van der Waals surface area contributed by atoms with Crippen LogP contribution in [0.1, 0.15) is 18.9 Å². The van der Waals surface area contributed by atoms with Gasteiger partial charge in [0.2, 0.25) is 15.9 Å². The van der Waals surface area contributed by atoms with E-state index in [1.165, 1.54) is 30.3 Å². The summed E-state index contributed by atoms with van der Waals surface area (Å²) in [5, 5.41) is 13.3. The van der Waals surface area contributed by atoms with Crippen LogP contribution < -0.4 is 10.0 Å². The van der Waals surface area contributed by atoms with Crippen LogP contribution >= 0.6 is 0 Å². The van der Waals surface area contributed by atoms with E-state index < -0.39 is 14.9 Å². The van der Waals surface area contributed by atoms with Gasteiger partial charge in [-0.1, -0.05) is 25.1 Å². The van der Waals surface area contributed by atoms with Gasteiger partial charge in [-0.3, -0.25) is 14.9 Å². The zero-order valence-corrected chi connectivity index (χ0v) is 15.0. The third kappa shape index (κ3) is 5.36. The fourth-order valence-corrected chi connectivity index (χ4v) is 3.33. The predicted octanol–water partition coefficient (Wildman–Crippen LogP) is 2.46. The van der Waals surface area contributed by atoms with Crippen molar-refractivity contribution in [3.63, 3.8) is 0 Å². The molecule has 2 rings (SSSR count). The monoisotopic (exact) mass is 377 g/mol. The number of carbonyl (C=O) groups excluding carboxylic acids is 1. The molecule has 0 aliphatic carbocycles. The number of amides is 1. The van der Waals surface area contributed by atoms with Crippen molar-refractivity contribution in [2.45, 2.75) is 24.7 Å². The molecule has 0 atom stereocenters. The lowest BCUT2D eigenvalue weighted by Crippen LogP contribution is -2.23. The first-order valence-corrected chi connectivity index (χ1v) is 9.43. The molecule has 2 aromatic rings. The molecule has 0 unspecified atom stereocenters. The minimum Gasteiger partial charge on any atom is -0.326 e. The smallest absolute Gasteiger partial charge is 0.271 e. The molecule has 9 heteroatoms. The topological polar surface area (TPSA) is 118 Å². The molecular formula is C17H19N3O5S. The third-order valence-electron chi connectivity index (χ3n) is 3.55. The van der Waals surface area contributed by atoms with Crippen molar-refractivity contribution in [3.05, 3.63) is 64.2 Å². The Morgan fingerprint density at radius 2 is 1.85 bits per heavy atom. The Bertz CT molecular complexity index is 895. The summed E-state index contributed by atoms with van der Waals surface area (Å²) >= 11 is 0. The minimum atomic E-state index is -3.49. The van der Waals surface area contributed by atoms with E-state index in [9.17, 15) is 23.3 Å². The average Bonchev–Trinajstić information content (AvgIpc) is 2.60. The molecule has 26 heavy (non-hydrogen) atoms. The summed E-state index contributed by atoms with van der Waals surface area (Å²) in [6.45, 7) is 2.01. The molecule has 2 aromatic carbocycles. The molecular weight excluding hydrogens is 358 g/mol. The number of hydrogen-bond acceptors (Lipinski definition) is 5. The quantitative estimate of drug-likeness (QED) is 0.541. The molecule has 1 amide bonds. The summed E-state index contributed by atoms with van der Waals surface area (Å²) in [4.78, 5) is 22.4. The molecule has 0 aliphatic rings. The lowest BCUT2D eigenvalue weighted by atomic mass is 10.1. The highest BCUT2D eigenvalue weighted by Crippen LogP contribution is 2.17. The summed E-state index contributed by atoms with van der Waals surface area (Å²) in [5.41, 5.74) is 1.08. The Morgan fingerprint density at radius 1 is 1.15 bits per heavy atom. The van der Waals surface area contributed by atoms with Crippen molar-refractivity contribution in [1.29, 1.82) is 0 Å². The van der Waals surface area contributed by atoms with E-state index in [0.717, 1.165) is 5.56 Å².